The van der Waals surface area contributed by atoms with E-state index in [1.807, 2.05) is 6.92 Å². The highest BCUT2D eigenvalue weighted by Gasteiger charge is 2.35. The molecule has 0 aliphatic heterocycles. The van der Waals surface area contributed by atoms with Crippen molar-refractivity contribution < 1.29 is 24.2 Å². The van der Waals surface area contributed by atoms with Crippen LogP contribution in [-0.2, 0) is 14.3 Å². The number of carbonyl (C=O) groups excluding carboxylic acids is 1. The molecule has 0 radical (unpaired) electrons. The number of urea groups is 1. The smallest absolute Gasteiger partial charge is 0.318 e. The largest absolute Gasteiger partial charge is 0.481 e. The zero-order valence-electron chi connectivity index (χ0n) is 13.0. The Labute approximate surface area is 125 Å². The van der Waals surface area contributed by atoms with E-state index in [1.165, 1.54) is 0 Å². The standard InChI is InChI=1S/C14H26N2O5/c1-10(9-21-3)16(6-7-20-2)14(19)15-12(8-13(17)18)11-4-5-11/h10-12H,4-9H2,1-3H3,(H,15,19)(H,17,18). The molecule has 1 saturated carbocycles. The molecule has 0 saturated heterocycles. The molecule has 7 nitrogen and oxygen atoms in total. The van der Waals surface area contributed by atoms with Crippen LogP contribution in [0.3, 0.4) is 0 Å². The summed E-state index contributed by atoms with van der Waals surface area (Å²) in [6, 6.07) is -0.653. The lowest BCUT2D eigenvalue weighted by Gasteiger charge is -2.30. The summed E-state index contributed by atoms with van der Waals surface area (Å²) in [7, 11) is 3.16. The second kappa shape index (κ2) is 8.84. The van der Waals surface area contributed by atoms with E-state index < -0.39 is 5.97 Å². The van der Waals surface area contributed by atoms with E-state index in [2.05, 4.69) is 5.32 Å². The lowest BCUT2D eigenvalue weighted by atomic mass is 10.1. The van der Waals surface area contributed by atoms with E-state index in [0.29, 0.717) is 19.8 Å². The van der Waals surface area contributed by atoms with E-state index in [9.17, 15) is 9.59 Å². The maximum Gasteiger partial charge on any atom is 0.318 e. The molecule has 0 heterocycles. The third-order valence-electron chi connectivity index (χ3n) is 3.63. The fourth-order valence-electron chi connectivity index (χ4n) is 2.31. The molecule has 2 unspecified atom stereocenters. The minimum atomic E-state index is -0.888. The number of ether oxygens (including phenoxy) is 2. The van der Waals surface area contributed by atoms with E-state index in [4.69, 9.17) is 14.6 Å². The average molecular weight is 302 g/mol. The van der Waals surface area contributed by atoms with Gasteiger partial charge < -0.3 is 24.8 Å². The summed E-state index contributed by atoms with van der Waals surface area (Å²) in [5, 5.41) is 11.8. The number of carboxylic acid groups (broad SMARTS) is 1. The highest BCUT2D eigenvalue weighted by molar-refractivity contribution is 5.76. The third kappa shape index (κ3) is 6.31. The summed E-state index contributed by atoms with van der Waals surface area (Å²) in [6.45, 7) is 3.18. The third-order valence-corrected chi connectivity index (χ3v) is 3.63. The van der Waals surface area contributed by atoms with E-state index >= 15 is 0 Å². The van der Waals surface area contributed by atoms with Gasteiger partial charge in [0.05, 0.1) is 25.7 Å². The van der Waals surface area contributed by atoms with Gasteiger partial charge in [0, 0.05) is 26.8 Å². The SMILES string of the molecule is COCCN(C(=O)NC(CC(=O)O)C1CC1)C(C)COC. The summed E-state index contributed by atoms with van der Waals surface area (Å²) in [5.41, 5.74) is 0. The van der Waals surface area contributed by atoms with Gasteiger partial charge in [0.2, 0.25) is 0 Å². The van der Waals surface area contributed by atoms with Crippen molar-refractivity contribution in [2.45, 2.75) is 38.3 Å². The van der Waals surface area contributed by atoms with Gasteiger partial charge in [0.1, 0.15) is 0 Å². The normalized spacial score (nSPS) is 17.1. The highest BCUT2D eigenvalue weighted by atomic mass is 16.5. The summed E-state index contributed by atoms with van der Waals surface area (Å²) < 4.78 is 10.1. The Balaban J connectivity index is 2.61. The fraction of sp³-hybridized carbons (Fsp3) is 0.857. The van der Waals surface area contributed by atoms with E-state index in [-0.39, 0.29) is 30.5 Å². The Morgan fingerprint density at radius 2 is 2.00 bits per heavy atom. The van der Waals surface area contributed by atoms with Crippen LogP contribution in [0.1, 0.15) is 26.2 Å². The van der Waals surface area contributed by atoms with E-state index in [0.717, 1.165) is 12.8 Å². The van der Waals surface area contributed by atoms with Gasteiger partial charge >= 0.3 is 12.0 Å². The highest BCUT2D eigenvalue weighted by Crippen LogP contribution is 2.34. The second-order valence-electron chi connectivity index (χ2n) is 5.48. The molecule has 2 N–H and O–H groups in total. The number of aliphatic carboxylic acids is 1. The van der Waals surface area contributed by atoms with Crippen molar-refractivity contribution in [3.63, 3.8) is 0 Å². The van der Waals surface area contributed by atoms with Crippen molar-refractivity contribution in [1.82, 2.24) is 10.2 Å². The zero-order chi connectivity index (χ0) is 15.8. The Kier molecular flexibility index (Phi) is 7.45. The van der Waals surface area contributed by atoms with Crippen LogP contribution in [-0.4, -0.2) is 68.1 Å². The van der Waals surface area contributed by atoms with Crippen molar-refractivity contribution in [3.8, 4) is 0 Å². The minimum Gasteiger partial charge on any atom is -0.481 e. The summed E-state index contributed by atoms with van der Waals surface area (Å²) in [6.07, 6.45) is 1.92. The molecule has 1 fully saturated rings. The first-order valence-electron chi connectivity index (χ1n) is 7.26. The first-order chi connectivity index (χ1) is 9.99. The number of hydrogen-bond acceptors (Lipinski definition) is 4. The van der Waals surface area contributed by atoms with Crippen molar-refractivity contribution in [2.75, 3.05) is 34.0 Å². The molecule has 0 bridgehead atoms. The number of hydrogen-bond donors (Lipinski definition) is 2. The van der Waals surface area contributed by atoms with Crippen LogP contribution in [0.2, 0.25) is 0 Å². The van der Waals surface area contributed by atoms with Crippen LogP contribution in [0.4, 0.5) is 4.79 Å². The van der Waals surface area contributed by atoms with Crippen LogP contribution in [0.25, 0.3) is 0 Å². The number of methoxy groups -OCH3 is 2. The van der Waals surface area contributed by atoms with Crippen LogP contribution in [0.5, 0.6) is 0 Å². The quantitative estimate of drug-likeness (QED) is 0.627. The number of rotatable bonds is 10. The molecule has 1 aliphatic carbocycles. The van der Waals surface area contributed by atoms with Crippen LogP contribution >= 0.6 is 0 Å². The summed E-state index contributed by atoms with van der Waals surface area (Å²) >= 11 is 0. The molecule has 1 aliphatic rings. The van der Waals surface area contributed by atoms with Gasteiger partial charge in [-0.2, -0.15) is 0 Å². The van der Waals surface area contributed by atoms with Crippen molar-refractivity contribution in [3.05, 3.63) is 0 Å². The maximum absolute atomic E-state index is 12.4. The zero-order valence-corrected chi connectivity index (χ0v) is 13.0. The Hall–Kier alpha value is -1.34. The molecule has 0 aromatic heterocycles. The fourth-order valence-corrected chi connectivity index (χ4v) is 2.31. The Bertz CT molecular complexity index is 346. The molecule has 0 aromatic rings. The number of carboxylic acids is 1. The van der Waals surface area contributed by atoms with Crippen molar-refractivity contribution in [1.29, 1.82) is 0 Å². The van der Waals surface area contributed by atoms with Gasteiger partial charge in [0.25, 0.3) is 0 Å². The molecular weight excluding hydrogens is 276 g/mol. The number of carbonyl (C=O) groups is 2. The lowest BCUT2D eigenvalue weighted by molar-refractivity contribution is -0.137. The molecule has 1 rings (SSSR count). The summed E-state index contributed by atoms with van der Waals surface area (Å²) in [5.74, 6) is -0.604. The molecule has 2 atom stereocenters. The van der Waals surface area contributed by atoms with Crippen molar-refractivity contribution in [2.24, 2.45) is 5.92 Å². The molecule has 7 heteroatoms. The monoisotopic (exact) mass is 302 g/mol. The molecule has 2 amide bonds. The number of nitrogens with one attached hydrogen (secondary N) is 1. The second-order valence-corrected chi connectivity index (χ2v) is 5.48. The van der Waals surface area contributed by atoms with Gasteiger partial charge in [-0.05, 0) is 25.7 Å². The summed E-state index contributed by atoms with van der Waals surface area (Å²) in [4.78, 5) is 24.9. The minimum absolute atomic E-state index is 0.0345. The van der Waals surface area contributed by atoms with Gasteiger partial charge in [0.15, 0.2) is 0 Å². The van der Waals surface area contributed by atoms with Crippen LogP contribution < -0.4 is 5.32 Å². The first kappa shape index (κ1) is 17.7. The first-order valence-corrected chi connectivity index (χ1v) is 7.26. The molecular formula is C14H26N2O5. The van der Waals surface area contributed by atoms with Crippen molar-refractivity contribution >= 4 is 12.0 Å². The predicted octanol–water partition coefficient (Wildman–Crippen LogP) is 0.933. The Morgan fingerprint density at radius 1 is 1.33 bits per heavy atom. The molecule has 0 spiro atoms. The topological polar surface area (TPSA) is 88.1 Å². The van der Waals surface area contributed by atoms with Gasteiger partial charge in [-0.15, -0.1) is 0 Å². The maximum atomic E-state index is 12.4. The molecule has 21 heavy (non-hydrogen) atoms. The van der Waals surface area contributed by atoms with Gasteiger partial charge in [-0.1, -0.05) is 0 Å². The lowest BCUT2D eigenvalue weighted by Crippen LogP contribution is -2.51. The average Bonchev–Trinajstić information content (AvgIpc) is 3.22. The van der Waals surface area contributed by atoms with Gasteiger partial charge in [-0.25, -0.2) is 4.79 Å². The van der Waals surface area contributed by atoms with Crippen LogP contribution in [0, 0.1) is 5.92 Å². The number of amides is 2. The Morgan fingerprint density at radius 3 is 2.48 bits per heavy atom. The van der Waals surface area contributed by atoms with Gasteiger partial charge in [-0.3, -0.25) is 4.79 Å². The predicted molar refractivity (Wildman–Crippen MR) is 77.2 cm³/mol. The van der Waals surface area contributed by atoms with E-state index in [1.54, 1.807) is 19.1 Å². The van der Waals surface area contributed by atoms with Crippen LogP contribution in [0.15, 0.2) is 0 Å². The number of nitrogens with zero attached hydrogens (tertiary/aromatic N) is 1. The molecule has 122 valence electrons. The molecule has 0 aromatic carbocycles.